The zero-order valence-corrected chi connectivity index (χ0v) is 11.1. The Hall–Kier alpha value is -0.470. The first-order valence-corrected chi connectivity index (χ1v) is 7.08. The Kier molecular flexibility index (Phi) is 4.30. The quantitative estimate of drug-likeness (QED) is 0.841. The standard InChI is InChI=1S/C14H21NS/c1-11-6-7-14(12(2)9-11)16-13-5-3-4-8-15-10-13/h6-7,9,13,15H,3-5,8,10H2,1-2H3. The van der Waals surface area contributed by atoms with Crippen molar-refractivity contribution >= 4 is 11.8 Å². The maximum absolute atomic E-state index is 3.53. The predicted octanol–water partition coefficient (Wildman–Crippen LogP) is 3.54. The molecule has 0 aromatic heterocycles. The molecule has 1 atom stereocenters. The van der Waals surface area contributed by atoms with Crippen molar-refractivity contribution in [2.75, 3.05) is 13.1 Å². The molecule has 0 saturated carbocycles. The van der Waals surface area contributed by atoms with Gasteiger partial charge in [0.15, 0.2) is 0 Å². The Morgan fingerprint density at radius 3 is 2.94 bits per heavy atom. The Labute approximate surface area is 103 Å². The average Bonchev–Trinajstić information content (AvgIpc) is 2.51. The van der Waals surface area contributed by atoms with E-state index in [-0.39, 0.29) is 0 Å². The molecule has 2 rings (SSSR count). The van der Waals surface area contributed by atoms with Gasteiger partial charge in [-0.2, -0.15) is 0 Å². The summed E-state index contributed by atoms with van der Waals surface area (Å²) in [6.45, 7) is 6.75. The minimum absolute atomic E-state index is 0.754. The fourth-order valence-electron chi connectivity index (χ4n) is 2.20. The van der Waals surface area contributed by atoms with Crippen LogP contribution in [0.4, 0.5) is 0 Å². The van der Waals surface area contributed by atoms with Crippen LogP contribution in [0.15, 0.2) is 23.1 Å². The Bertz CT molecular complexity index is 341. The van der Waals surface area contributed by atoms with Crippen molar-refractivity contribution in [1.29, 1.82) is 0 Å². The third-order valence-corrected chi connectivity index (χ3v) is 4.57. The first-order chi connectivity index (χ1) is 7.75. The molecule has 0 amide bonds. The third-order valence-electron chi connectivity index (χ3n) is 3.13. The van der Waals surface area contributed by atoms with Crippen LogP contribution >= 0.6 is 11.8 Å². The maximum Gasteiger partial charge on any atom is 0.0219 e. The summed E-state index contributed by atoms with van der Waals surface area (Å²) in [5.41, 5.74) is 2.79. The molecule has 1 aliphatic heterocycles. The topological polar surface area (TPSA) is 12.0 Å². The van der Waals surface area contributed by atoms with E-state index < -0.39 is 0 Å². The second kappa shape index (κ2) is 5.74. The van der Waals surface area contributed by atoms with Gasteiger partial charge in [0.05, 0.1) is 0 Å². The Balaban J connectivity index is 2.01. The number of hydrogen-bond donors (Lipinski definition) is 1. The van der Waals surface area contributed by atoms with E-state index in [4.69, 9.17) is 0 Å². The molecule has 0 bridgehead atoms. The number of aryl methyl sites for hydroxylation is 2. The predicted molar refractivity (Wildman–Crippen MR) is 72.3 cm³/mol. The lowest BCUT2D eigenvalue weighted by molar-refractivity contribution is 0.706. The van der Waals surface area contributed by atoms with Crippen molar-refractivity contribution in [1.82, 2.24) is 5.32 Å². The van der Waals surface area contributed by atoms with Crippen molar-refractivity contribution in [2.24, 2.45) is 0 Å². The van der Waals surface area contributed by atoms with Gasteiger partial charge in [-0.15, -0.1) is 11.8 Å². The molecule has 1 aromatic carbocycles. The van der Waals surface area contributed by atoms with E-state index in [2.05, 4.69) is 49.1 Å². The van der Waals surface area contributed by atoms with Crippen LogP contribution in [0.2, 0.25) is 0 Å². The highest BCUT2D eigenvalue weighted by atomic mass is 32.2. The van der Waals surface area contributed by atoms with Gasteiger partial charge >= 0.3 is 0 Å². The Morgan fingerprint density at radius 1 is 1.25 bits per heavy atom. The molecule has 1 fully saturated rings. The Morgan fingerprint density at radius 2 is 2.12 bits per heavy atom. The lowest BCUT2D eigenvalue weighted by Crippen LogP contribution is -2.22. The summed E-state index contributed by atoms with van der Waals surface area (Å²) in [6, 6.07) is 6.78. The lowest BCUT2D eigenvalue weighted by Gasteiger charge is -2.15. The first-order valence-electron chi connectivity index (χ1n) is 6.20. The van der Waals surface area contributed by atoms with E-state index in [1.165, 1.54) is 41.8 Å². The molecule has 1 heterocycles. The lowest BCUT2D eigenvalue weighted by atomic mass is 10.2. The van der Waals surface area contributed by atoms with Gasteiger partial charge in [0.1, 0.15) is 0 Å². The summed E-state index contributed by atoms with van der Waals surface area (Å²) in [4.78, 5) is 1.46. The summed E-state index contributed by atoms with van der Waals surface area (Å²) < 4.78 is 0. The van der Waals surface area contributed by atoms with Gasteiger partial charge in [-0.25, -0.2) is 0 Å². The monoisotopic (exact) mass is 235 g/mol. The summed E-state index contributed by atoms with van der Waals surface area (Å²) >= 11 is 2.05. The number of nitrogens with one attached hydrogen (secondary N) is 1. The van der Waals surface area contributed by atoms with Gasteiger partial charge < -0.3 is 5.32 Å². The molecule has 16 heavy (non-hydrogen) atoms. The van der Waals surface area contributed by atoms with Gasteiger partial charge in [-0.1, -0.05) is 24.1 Å². The molecule has 1 aliphatic rings. The molecule has 1 N–H and O–H groups in total. The second-order valence-corrected chi connectivity index (χ2v) is 6.05. The molecular formula is C14H21NS. The SMILES string of the molecule is Cc1ccc(SC2CCCCNC2)c(C)c1. The molecule has 0 radical (unpaired) electrons. The largest absolute Gasteiger partial charge is 0.316 e. The second-order valence-electron chi connectivity index (χ2n) is 4.71. The van der Waals surface area contributed by atoms with E-state index in [0.29, 0.717) is 0 Å². The van der Waals surface area contributed by atoms with Gasteiger partial charge in [-0.3, -0.25) is 0 Å². The zero-order chi connectivity index (χ0) is 11.4. The number of hydrogen-bond acceptors (Lipinski definition) is 2. The van der Waals surface area contributed by atoms with Crippen molar-refractivity contribution in [3.05, 3.63) is 29.3 Å². The maximum atomic E-state index is 3.53. The van der Waals surface area contributed by atoms with Gasteiger partial charge in [0, 0.05) is 16.7 Å². The summed E-state index contributed by atoms with van der Waals surface area (Å²) in [7, 11) is 0. The van der Waals surface area contributed by atoms with E-state index in [0.717, 1.165) is 11.8 Å². The summed E-state index contributed by atoms with van der Waals surface area (Å²) in [6.07, 6.45) is 4.06. The minimum Gasteiger partial charge on any atom is -0.316 e. The number of rotatable bonds is 2. The zero-order valence-electron chi connectivity index (χ0n) is 10.3. The van der Waals surface area contributed by atoms with Crippen LogP contribution in [-0.2, 0) is 0 Å². The van der Waals surface area contributed by atoms with Crippen LogP contribution in [0, 0.1) is 13.8 Å². The van der Waals surface area contributed by atoms with Crippen LogP contribution in [0.25, 0.3) is 0 Å². The summed E-state index contributed by atoms with van der Waals surface area (Å²) in [5, 5.41) is 4.28. The number of benzene rings is 1. The van der Waals surface area contributed by atoms with Crippen LogP contribution in [0.3, 0.4) is 0 Å². The molecule has 1 saturated heterocycles. The van der Waals surface area contributed by atoms with Crippen LogP contribution in [0.5, 0.6) is 0 Å². The van der Waals surface area contributed by atoms with Crippen molar-refractivity contribution < 1.29 is 0 Å². The molecule has 1 aromatic rings. The minimum atomic E-state index is 0.754. The molecule has 1 unspecified atom stereocenters. The van der Waals surface area contributed by atoms with Gasteiger partial charge in [0.2, 0.25) is 0 Å². The van der Waals surface area contributed by atoms with Gasteiger partial charge in [-0.05, 0) is 44.9 Å². The molecule has 0 aliphatic carbocycles. The van der Waals surface area contributed by atoms with Crippen molar-refractivity contribution in [2.45, 2.75) is 43.3 Å². The average molecular weight is 235 g/mol. The molecule has 88 valence electrons. The third kappa shape index (κ3) is 3.26. The van der Waals surface area contributed by atoms with Crippen LogP contribution in [0.1, 0.15) is 30.4 Å². The molecule has 1 nitrogen and oxygen atoms in total. The van der Waals surface area contributed by atoms with Crippen molar-refractivity contribution in [3.8, 4) is 0 Å². The summed E-state index contributed by atoms with van der Waals surface area (Å²) in [5.74, 6) is 0. The van der Waals surface area contributed by atoms with E-state index >= 15 is 0 Å². The number of thioether (sulfide) groups is 1. The fraction of sp³-hybridized carbons (Fsp3) is 0.571. The van der Waals surface area contributed by atoms with Gasteiger partial charge in [0.25, 0.3) is 0 Å². The van der Waals surface area contributed by atoms with Crippen molar-refractivity contribution in [3.63, 3.8) is 0 Å². The molecule has 0 spiro atoms. The van der Waals surface area contributed by atoms with E-state index in [1.54, 1.807) is 0 Å². The molecule has 2 heteroatoms. The highest BCUT2D eigenvalue weighted by Crippen LogP contribution is 2.30. The van der Waals surface area contributed by atoms with E-state index in [1.807, 2.05) is 0 Å². The smallest absolute Gasteiger partial charge is 0.0219 e. The van der Waals surface area contributed by atoms with E-state index in [9.17, 15) is 0 Å². The molecular weight excluding hydrogens is 214 g/mol. The van der Waals surface area contributed by atoms with Crippen LogP contribution < -0.4 is 5.32 Å². The highest BCUT2D eigenvalue weighted by Gasteiger charge is 2.13. The highest BCUT2D eigenvalue weighted by molar-refractivity contribution is 8.00. The fourth-order valence-corrected chi connectivity index (χ4v) is 3.44. The van der Waals surface area contributed by atoms with Crippen LogP contribution in [-0.4, -0.2) is 18.3 Å². The normalized spacial score (nSPS) is 21.8. The first kappa shape index (κ1) is 12.0.